The van der Waals surface area contributed by atoms with Gasteiger partial charge in [-0.1, -0.05) is 95.9 Å². The van der Waals surface area contributed by atoms with Gasteiger partial charge in [0.1, 0.15) is 22.9 Å². The first kappa shape index (κ1) is 49.9. The minimum absolute atomic E-state index is 0.241. The number of hydrogen-bond donors (Lipinski definition) is 4. The third kappa shape index (κ3) is 15.6. The Balaban J connectivity index is 0.913. The minimum Gasteiger partial charge on any atom is -0.410 e. The van der Waals surface area contributed by atoms with Crippen LogP contribution < -0.4 is 30.7 Å². The molecule has 0 radical (unpaired) electrons. The molecule has 18 nitrogen and oxygen atoms in total. The summed E-state index contributed by atoms with van der Waals surface area (Å²) >= 11 is 0. The lowest BCUT2D eigenvalue weighted by atomic mass is 10.0. The topological polar surface area (TPSA) is 237 Å². The lowest BCUT2D eigenvalue weighted by Crippen LogP contribution is -2.25. The van der Waals surface area contributed by atoms with Crippen molar-refractivity contribution in [3.63, 3.8) is 0 Å². The van der Waals surface area contributed by atoms with Crippen LogP contribution in [0, 0.1) is 13.8 Å². The van der Waals surface area contributed by atoms with Crippen LogP contribution in [-0.2, 0) is 19.3 Å². The number of benzene rings is 6. The number of rotatable bonds is 19. The van der Waals surface area contributed by atoms with Crippen molar-refractivity contribution in [3.8, 4) is 11.5 Å². The van der Waals surface area contributed by atoms with Crippen molar-refractivity contribution in [2.45, 2.75) is 39.5 Å². The van der Waals surface area contributed by atoms with Crippen LogP contribution in [0.25, 0.3) is 0 Å². The van der Waals surface area contributed by atoms with E-state index in [1.165, 1.54) is 24.3 Å². The lowest BCUT2D eigenvalue weighted by Gasteiger charge is -2.10. The molecule has 0 heterocycles. The highest BCUT2D eigenvalue weighted by molar-refractivity contribution is 6.13. The van der Waals surface area contributed by atoms with E-state index >= 15 is 0 Å². The summed E-state index contributed by atoms with van der Waals surface area (Å²) in [5, 5.41) is 18.9. The van der Waals surface area contributed by atoms with Gasteiger partial charge in [-0.05, 0) is 111 Å². The molecule has 0 saturated carbocycles. The van der Waals surface area contributed by atoms with Gasteiger partial charge in [0, 0.05) is 46.7 Å². The van der Waals surface area contributed by atoms with E-state index in [9.17, 15) is 28.8 Å². The molecule has 6 aromatic carbocycles. The molecule has 0 fully saturated rings. The summed E-state index contributed by atoms with van der Waals surface area (Å²) < 4.78 is 10.8. The van der Waals surface area contributed by atoms with Crippen molar-refractivity contribution < 1.29 is 47.9 Å². The fraction of sp³-hybridized carbons (Fsp3) is 0.154. The summed E-state index contributed by atoms with van der Waals surface area (Å²) in [4.78, 5) is 89.5. The predicted molar refractivity (Wildman–Crippen MR) is 262 cm³/mol. The van der Waals surface area contributed by atoms with Gasteiger partial charge in [0.15, 0.2) is 0 Å². The van der Waals surface area contributed by atoms with Crippen molar-refractivity contribution in [2.75, 3.05) is 23.7 Å². The molecule has 0 saturated heterocycles. The number of carbonyl (C=O) groups is 4. The van der Waals surface area contributed by atoms with Crippen molar-refractivity contribution in [2.24, 2.45) is 20.3 Å². The van der Waals surface area contributed by atoms with Crippen LogP contribution in [0.5, 0.6) is 11.5 Å². The highest BCUT2D eigenvalue weighted by atomic mass is 16.7. The number of nitrogens with one attached hydrogen (secondary N) is 4. The first-order chi connectivity index (χ1) is 34.1. The molecule has 0 aliphatic carbocycles. The smallest absolute Gasteiger partial charge is 0.410 e. The van der Waals surface area contributed by atoms with E-state index in [1.54, 1.807) is 86.6 Å². The molecule has 0 aliphatic rings. The number of oxime groups is 2. The van der Waals surface area contributed by atoms with E-state index in [0.717, 1.165) is 24.0 Å². The standard InChI is InChI=1S/C52H46N8O10/c1-35-17-23-41(31-45(35)55-33-61)57-51(65)67-43-25-19-39(20-26-43)47(37-13-7-5-8-14-37)59-69-49(63)53-29-11-3-4-12-30-54-50(64)70-60-48(38-15-9-6-10-16-38)40-21-27-44(28-22-40)68-52(66)58-42-24-18-36(2)46(32-42)56-34-62/h5-10,13-28,31-32H,3-4,11-12,29-30H2,1-2H3,(H,53,63)(H,54,64)(H,57,65)(H,58,66)/b59-47+,60-48+. The summed E-state index contributed by atoms with van der Waals surface area (Å²) in [6.45, 7) is 4.21. The van der Waals surface area contributed by atoms with Gasteiger partial charge in [-0.25, -0.2) is 28.8 Å². The maximum atomic E-state index is 12.6. The van der Waals surface area contributed by atoms with E-state index in [0.29, 0.717) is 82.4 Å². The van der Waals surface area contributed by atoms with Crippen molar-refractivity contribution in [1.82, 2.24) is 10.6 Å². The molecule has 0 aromatic heterocycles. The third-order valence-electron chi connectivity index (χ3n) is 10.1. The number of carbonyl (C=O) groups excluding carboxylic acids is 6. The van der Waals surface area contributed by atoms with Gasteiger partial charge >= 0.3 is 24.4 Å². The van der Waals surface area contributed by atoms with Crippen LogP contribution in [0.1, 0.15) is 59.1 Å². The zero-order valence-electron chi connectivity index (χ0n) is 38.0. The number of aryl methyl sites for hydroxylation is 2. The monoisotopic (exact) mass is 942 g/mol. The van der Waals surface area contributed by atoms with Crippen molar-refractivity contribution in [3.05, 3.63) is 179 Å². The molecule has 18 heteroatoms. The molecule has 4 N–H and O–H groups in total. The van der Waals surface area contributed by atoms with Crippen molar-refractivity contribution in [1.29, 1.82) is 0 Å². The lowest BCUT2D eigenvalue weighted by molar-refractivity contribution is 0.149. The summed E-state index contributed by atoms with van der Waals surface area (Å²) in [5.41, 5.74) is 6.28. The largest absolute Gasteiger partial charge is 0.433 e. The number of nitrogens with zero attached hydrogens (tertiary/aromatic N) is 4. The number of hydrogen-bond acceptors (Lipinski definition) is 14. The Kier molecular flexibility index (Phi) is 18.5. The summed E-state index contributed by atoms with van der Waals surface area (Å²) in [6.07, 6.45) is 2.79. The van der Waals surface area contributed by atoms with Gasteiger partial charge < -0.3 is 20.1 Å². The second-order valence-corrected chi connectivity index (χ2v) is 15.1. The Hall–Kier alpha value is -9.50. The highest BCUT2D eigenvalue weighted by Gasteiger charge is 2.15. The molecule has 0 unspecified atom stereocenters. The Bertz CT molecular complexity index is 2730. The van der Waals surface area contributed by atoms with E-state index in [-0.39, 0.29) is 11.5 Å². The molecule has 6 aromatic rings. The molecular formula is C52H46N8O10. The molecule has 4 amide bonds. The number of isocyanates is 2. The number of ether oxygens (including phenoxy) is 2. The first-order valence-corrected chi connectivity index (χ1v) is 21.8. The maximum absolute atomic E-state index is 12.6. The van der Waals surface area contributed by atoms with Crippen LogP contribution in [0.2, 0.25) is 0 Å². The third-order valence-corrected chi connectivity index (χ3v) is 10.1. The predicted octanol–water partition coefficient (Wildman–Crippen LogP) is 10.7. The average Bonchev–Trinajstić information content (AvgIpc) is 3.36. The summed E-state index contributed by atoms with van der Waals surface area (Å²) in [5.74, 6) is 0.483. The molecule has 6 rings (SSSR count). The Morgan fingerprint density at radius 3 is 1.20 bits per heavy atom. The van der Waals surface area contributed by atoms with E-state index in [4.69, 9.17) is 19.1 Å². The fourth-order valence-electron chi connectivity index (χ4n) is 6.54. The summed E-state index contributed by atoms with van der Waals surface area (Å²) in [6, 6.07) is 41.0. The van der Waals surface area contributed by atoms with Gasteiger partial charge in [0.25, 0.3) is 0 Å². The Labute approximate surface area is 402 Å². The number of unbranched alkanes of at least 4 members (excludes halogenated alkanes) is 3. The second-order valence-electron chi connectivity index (χ2n) is 15.1. The van der Waals surface area contributed by atoms with E-state index < -0.39 is 24.4 Å². The molecule has 0 atom stereocenters. The molecule has 0 spiro atoms. The number of anilines is 2. The molecule has 0 aliphatic heterocycles. The molecule has 354 valence electrons. The van der Waals surface area contributed by atoms with Crippen LogP contribution in [0.4, 0.5) is 41.9 Å². The fourth-order valence-corrected chi connectivity index (χ4v) is 6.54. The highest BCUT2D eigenvalue weighted by Crippen LogP contribution is 2.25. The van der Waals surface area contributed by atoms with Gasteiger partial charge in [-0.2, -0.15) is 9.98 Å². The van der Waals surface area contributed by atoms with Gasteiger partial charge in [0.2, 0.25) is 12.2 Å². The van der Waals surface area contributed by atoms with Gasteiger partial charge in [-0.3, -0.25) is 20.3 Å². The SMILES string of the molecule is Cc1ccc(NC(=O)Oc2ccc(/C(=N/OC(=O)NCCCCCCNC(=O)O/N=C(\c3ccccc3)c3ccc(OC(=O)Nc4ccc(C)c(N=C=O)c4)cc3)c3ccccc3)cc2)cc1N=C=O. The molecular weight excluding hydrogens is 897 g/mol. The van der Waals surface area contributed by atoms with E-state index in [1.807, 2.05) is 60.7 Å². The zero-order chi connectivity index (χ0) is 49.5. The zero-order valence-corrected chi connectivity index (χ0v) is 38.0. The van der Waals surface area contributed by atoms with Crippen LogP contribution >= 0.6 is 0 Å². The van der Waals surface area contributed by atoms with Crippen LogP contribution in [0.3, 0.4) is 0 Å². The molecule has 0 bridgehead atoms. The van der Waals surface area contributed by atoms with E-state index in [2.05, 4.69) is 41.6 Å². The Morgan fingerprint density at radius 2 is 0.829 bits per heavy atom. The maximum Gasteiger partial charge on any atom is 0.433 e. The average molecular weight is 943 g/mol. The van der Waals surface area contributed by atoms with Crippen LogP contribution in [0.15, 0.2) is 166 Å². The van der Waals surface area contributed by atoms with Crippen LogP contribution in [-0.4, -0.2) is 61.0 Å². The normalized spacial score (nSPS) is 10.9. The second kappa shape index (κ2) is 26.0. The first-order valence-electron chi connectivity index (χ1n) is 21.8. The Morgan fingerprint density at radius 1 is 0.457 bits per heavy atom. The number of aliphatic imine (C=N–C) groups is 2. The minimum atomic E-state index is -0.754. The van der Waals surface area contributed by atoms with Gasteiger partial charge in [-0.15, -0.1) is 0 Å². The van der Waals surface area contributed by atoms with Gasteiger partial charge in [0.05, 0.1) is 11.4 Å². The quantitative estimate of drug-likeness (QED) is 0.0197. The molecule has 70 heavy (non-hydrogen) atoms. The summed E-state index contributed by atoms with van der Waals surface area (Å²) in [7, 11) is 0. The van der Waals surface area contributed by atoms with Crippen molar-refractivity contribution >= 4 is 70.7 Å². The number of amides is 4.